The van der Waals surface area contributed by atoms with Crippen LogP contribution in [0.4, 0.5) is 0 Å². The minimum atomic E-state index is 0.502. The Morgan fingerprint density at radius 3 is 2.24 bits per heavy atom. The van der Waals surface area contributed by atoms with Crippen molar-refractivity contribution in [2.75, 3.05) is 21.3 Å². The highest BCUT2D eigenvalue weighted by atomic mass is 16.5. The predicted molar refractivity (Wildman–Crippen MR) is 94.8 cm³/mol. The second-order valence-electron chi connectivity index (χ2n) is 5.29. The molecule has 7 heteroatoms. The van der Waals surface area contributed by atoms with Gasteiger partial charge in [0.1, 0.15) is 0 Å². The molecular weight excluding hydrogens is 320 g/mol. The van der Waals surface area contributed by atoms with E-state index in [1.807, 2.05) is 30.3 Å². The van der Waals surface area contributed by atoms with E-state index in [1.54, 1.807) is 27.4 Å². The number of hydrogen-bond donors (Lipinski definition) is 2. The lowest BCUT2D eigenvalue weighted by molar-refractivity contribution is 0.325. The molecule has 1 heterocycles. The Balaban J connectivity index is 2.02. The summed E-state index contributed by atoms with van der Waals surface area (Å²) in [6.45, 7) is 0.502. The Morgan fingerprint density at radius 2 is 1.64 bits per heavy atom. The quantitative estimate of drug-likeness (QED) is 0.716. The summed E-state index contributed by atoms with van der Waals surface area (Å²) in [4.78, 5) is 4.57. The summed E-state index contributed by atoms with van der Waals surface area (Å²) in [6.07, 6.45) is 0. The van der Waals surface area contributed by atoms with Gasteiger partial charge in [0.2, 0.25) is 5.75 Å². The van der Waals surface area contributed by atoms with E-state index in [9.17, 15) is 0 Å². The third-order valence-corrected chi connectivity index (χ3v) is 3.89. The van der Waals surface area contributed by atoms with Gasteiger partial charge in [-0.15, -0.1) is 0 Å². The second kappa shape index (κ2) is 7.23. The SMILES string of the molecule is COc1ccc(-c2nc(-c3ccc(CN)cc3)n[nH]2)c(OC)c1OC. The van der Waals surface area contributed by atoms with Crippen molar-refractivity contribution in [3.8, 4) is 40.0 Å². The molecule has 1 aromatic heterocycles. The monoisotopic (exact) mass is 340 g/mol. The van der Waals surface area contributed by atoms with Crippen molar-refractivity contribution >= 4 is 0 Å². The van der Waals surface area contributed by atoms with Crippen LogP contribution in [0, 0.1) is 0 Å². The van der Waals surface area contributed by atoms with Gasteiger partial charge in [-0.05, 0) is 17.7 Å². The number of nitrogens with one attached hydrogen (secondary N) is 1. The lowest BCUT2D eigenvalue weighted by Crippen LogP contribution is -1.97. The average molecular weight is 340 g/mol. The molecule has 0 spiro atoms. The summed E-state index contributed by atoms with van der Waals surface area (Å²) < 4.78 is 16.2. The summed E-state index contributed by atoms with van der Waals surface area (Å²) in [5, 5.41) is 7.25. The number of methoxy groups -OCH3 is 3. The van der Waals surface area contributed by atoms with Crippen LogP contribution in [0.5, 0.6) is 17.2 Å². The normalized spacial score (nSPS) is 10.6. The summed E-state index contributed by atoms with van der Waals surface area (Å²) in [5.74, 6) is 2.79. The van der Waals surface area contributed by atoms with Gasteiger partial charge in [0.05, 0.1) is 26.9 Å². The molecular formula is C18H20N4O3. The van der Waals surface area contributed by atoms with Gasteiger partial charge in [-0.2, -0.15) is 5.10 Å². The van der Waals surface area contributed by atoms with Gasteiger partial charge in [-0.3, -0.25) is 5.10 Å². The molecule has 3 rings (SSSR count). The van der Waals surface area contributed by atoms with Crippen LogP contribution in [0.1, 0.15) is 5.56 Å². The van der Waals surface area contributed by atoms with Crippen LogP contribution in [-0.4, -0.2) is 36.5 Å². The topological polar surface area (TPSA) is 95.3 Å². The lowest BCUT2D eigenvalue weighted by Gasteiger charge is -2.14. The van der Waals surface area contributed by atoms with Gasteiger partial charge in [0.25, 0.3) is 0 Å². The van der Waals surface area contributed by atoms with Gasteiger partial charge in [-0.1, -0.05) is 24.3 Å². The molecule has 130 valence electrons. The van der Waals surface area contributed by atoms with Crippen LogP contribution >= 0.6 is 0 Å². The molecule has 0 amide bonds. The highest BCUT2D eigenvalue weighted by molar-refractivity contribution is 5.73. The third-order valence-electron chi connectivity index (χ3n) is 3.89. The van der Waals surface area contributed by atoms with E-state index < -0.39 is 0 Å². The third kappa shape index (κ3) is 3.14. The molecule has 0 radical (unpaired) electrons. The van der Waals surface area contributed by atoms with E-state index in [-0.39, 0.29) is 0 Å². The van der Waals surface area contributed by atoms with E-state index in [4.69, 9.17) is 19.9 Å². The zero-order chi connectivity index (χ0) is 17.8. The molecule has 0 unspecified atom stereocenters. The number of nitrogens with zero attached hydrogens (tertiary/aromatic N) is 2. The molecule has 0 aliphatic carbocycles. The number of ether oxygens (including phenoxy) is 3. The predicted octanol–water partition coefficient (Wildman–Crippen LogP) is 2.62. The zero-order valence-electron chi connectivity index (χ0n) is 14.4. The first-order chi connectivity index (χ1) is 12.2. The van der Waals surface area contributed by atoms with Gasteiger partial charge in [-0.25, -0.2) is 4.98 Å². The minimum Gasteiger partial charge on any atom is -0.493 e. The van der Waals surface area contributed by atoms with Crippen LogP contribution in [0.3, 0.4) is 0 Å². The van der Waals surface area contributed by atoms with Gasteiger partial charge >= 0.3 is 0 Å². The summed E-state index contributed by atoms with van der Waals surface area (Å²) >= 11 is 0. The van der Waals surface area contributed by atoms with Crippen LogP contribution in [0.25, 0.3) is 22.8 Å². The molecule has 0 atom stereocenters. The lowest BCUT2D eigenvalue weighted by atomic mass is 10.1. The van der Waals surface area contributed by atoms with E-state index in [1.165, 1.54) is 0 Å². The highest BCUT2D eigenvalue weighted by Gasteiger charge is 2.19. The molecule has 3 aromatic rings. The molecule has 25 heavy (non-hydrogen) atoms. The van der Waals surface area contributed by atoms with Crippen LogP contribution in [0.15, 0.2) is 36.4 Å². The largest absolute Gasteiger partial charge is 0.493 e. The molecule has 0 bridgehead atoms. The van der Waals surface area contributed by atoms with Crippen molar-refractivity contribution in [3.63, 3.8) is 0 Å². The van der Waals surface area contributed by atoms with Gasteiger partial charge in [0.15, 0.2) is 23.1 Å². The molecule has 0 aliphatic heterocycles. The highest BCUT2D eigenvalue weighted by Crippen LogP contribution is 2.43. The first-order valence-electron chi connectivity index (χ1n) is 7.73. The maximum Gasteiger partial charge on any atom is 0.204 e. The van der Waals surface area contributed by atoms with E-state index >= 15 is 0 Å². The van der Waals surface area contributed by atoms with Crippen LogP contribution in [0.2, 0.25) is 0 Å². The van der Waals surface area contributed by atoms with Crippen molar-refractivity contribution in [1.29, 1.82) is 0 Å². The number of aromatic nitrogens is 3. The Bertz CT molecular complexity index is 859. The van der Waals surface area contributed by atoms with Gasteiger partial charge < -0.3 is 19.9 Å². The summed E-state index contributed by atoms with van der Waals surface area (Å²) in [6, 6.07) is 11.5. The molecule has 3 N–H and O–H groups in total. The number of nitrogens with two attached hydrogens (primary N) is 1. The Hall–Kier alpha value is -3.06. The minimum absolute atomic E-state index is 0.502. The Kier molecular flexibility index (Phi) is 4.85. The standard InChI is InChI=1S/C18H20N4O3/c1-23-14-9-8-13(15(24-2)16(14)25-3)18-20-17(21-22-18)12-6-4-11(10-19)5-7-12/h4-9H,10,19H2,1-3H3,(H,20,21,22). The van der Waals surface area contributed by atoms with E-state index in [0.29, 0.717) is 35.4 Å². The smallest absolute Gasteiger partial charge is 0.204 e. The van der Waals surface area contributed by atoms with Crippen LogP contribution in [-0.2, 0) is 6.54 Å². The van der Waals surface area contributed by atoms with Crippen molar-refractivity contribution < 1.29 is 14.2 Å². The first-order valence-corrected chi connectivity index (χ1v) is 7.73. The number of benzene rings is 2. The fourth-order valence-corrected chi connectivity index (χ4v) is 2.59. The maximum atomic E-state index is 5.63. The van der Waals surface area contributed by atoms with E-state index in [0.717, 1.165) is 16.7 Å². The molecule has 7 nitrogen and oxygen atoms in total. The number of hydrogen-bond acceptors (Lipinski definition) is 6. The van der Waals surface area contributed by atoms with Crippen molar-refractivity contribution in [3.05, 3.63) is 42.0 Å². The van der Waals surface area contributed by atoms with Crippen LogP contribution < -0.4 is 19.9 Å². The molecule has 0 fully saturated rings. The van der Waals surface area contributed by atoms with Crippen molar-refractivity contribution in [2.45, 2.75) is 6.54 Å². The zero-order valence-corrected chi connectivity index (χ0v) is 14.4. The maximum absolute atomic E-state index is 5.63. The summed E-state index contributed by atoms with van der Waals surface area (Å²) in [7, 11) is 4.72. The first kappa shape index (κ1) is 16.8. The fraction of sp³-hybridized carbons (Fsp3) is 0.222. The summed E-state index contributed by atoms with van der Waals surface area (Å²) in [5.41, 5.74) is 8.32. The second-order valence-corrected chi connectivity index (χ2v) is 5.29. The Labute approximate surface area is 145 Å². The molecule has 0 saturated heterocycles. The molecule has 0 aliphatic rings. The van der Waals surface area contributed by atoms with Crippen molar-refractivity contribution in [1.82, 2.24) is 15.2 Å². The number of aromatic amines is 1. The fourth-order valence-electron chi connectivity index (χ4n) is 2.59. The number of rotatable bonds is 6. The van der Waals surface area contributed by atoms with E-state index in [2.05, 4.69) is 15.2 Å². The molecule has 0 saturated carbocycles. The molecule has 2 aromatic carbocycles. The van der Waals surface area contributed by atoms with Crippen molar-refractivity contribution in [2.24, 2.45) is 5.73 Å². The average Bonchev–Trinajstić information content (AvgIpc) is 3.16. The van der Waals surface area contributed by atoms with Gasteiger partial charge in [0, 0.05) is 12.1 Å². The number of H-pyrrole nitrogens is 1. The Morgan fingerprint density at radius 1 is 0.920 bits per heavy atom.